The van der Waals surface area contributed by atoms with E-state index in [1.807, 2.05) is 0 Å². The fourth-order valence-corrected chi connectivity index (χ4v) is 6.08. The number of halogens is 2. The Morgan fingerprint density at radius 1 is 1.23 bits per heavy atom. The SMILES string of the molecule is O=S(=O)(c1ccc(Cl)s1)N1CCCC1Cc1ccc(F)cc1. The lowest BCUT2D eigenvalue weighted by atomic mass is 10.0. The zero-order valence-electron chi connectivity index (χ0n) is 11.7. The minimum Gasteiger partial charge on any atom is -0.207 e. The van der Waals surface area contributed by atoms with Crippen LogP contribution in [-0.2, 0) is 16.4 Å². The van der Waals surface area contributed by atoms with Gasteiger partial charge in [0.2, 0.25) is 0 Å². The lowest BCUT2D eigenvalue weighted by Gasteiger charge is -2.23. The van der Waals surface area contributed by atoms with Gasteiger partial charge in [-0.25, -0.2) is 12.8 Å². The Balaban J connectivity index is 1.82. The maximum absolute atomic E-state index is 13.0. The Labute approximate surface area is 138 Å². The van der Waals surface area contributed by atoms with Crippen LogP contribution in [0.25, 0.3) is 0 Å². The number of sulfonamides is 1. The fourth-order valence-electron chi connectivity index (χ4n) is 2.77. The first kappa shape index (κ1) is 15.9. The molecule has 0 amide bonds. The normalized spacial score (nSPS) is 19.6. The second-order valence-corrected chi connectivity index (χ2v) is 9.13. The molecule has 3 nitrogen and oxygen atoms in total. The lowest BCUT2D eigenvalue weighted by molar-refractivity contribution is 0.386. The van der Waals surface area contributed by atoms with Crippen molar-refractivity contribution in [1.82, 2.24) is 4.31 Å². The molecule has 0 saturated carbocycles. The molecule has 1 aromatic carbocycles. The summed E-state index contributed by atoms with van der Waals surface area (Å²) >= 11 is 6.93. The second-order valence-electron chi connectivity index (χ2n) is 5.30. The van der Waals surface area contributed by atoms with E-state index in [4.69, 9.17) is 11.6 Å². The van der Waals surface area contributed by atoms with E-state index in [0.717, 1.165) is 29.7 Å². The molecule has 1 aliphatic rings. The smallest absolute Gasteiger partial charge is 0.207 e. The van der Waals surface area contributed by atoms with Gasteiger partial charge in [0.1, 0.15) is 10.0 Å². The summed E-state index contributed by atoms with van der Waals surface area (Å²) in [4.78, 5) is 0. The minimum absolute atomic E-state index is 0.0867. The highest BCUT2D eigenvalue weighted by atomic mass is 35.5. The average molecular weight is 360 g/mol. The summed E-state index contributed by atoms with van der Waals surface area (Å²) in [5, 5.41) is 0. The molecule has 0 spiro atoms. The van der Waals surface area contributed by atoms with Gasteiger partial charge in [-0.1, -0.05) is 23.7 Å². The van der Waals surface area contributed by atoms with Gasteiger partial charge in [-0.15, -0.1) is 11.3 Å². The zero-order chi connectivity index (χ0) is 15.7. The summed E-state index contributed by atoms with van der Waals surface area (Å²) in [6.45, 7) is 0.518. The van der Waals surface area contributed by atoms with E-state index >= 15 is 0 Å². The predicted octanol–water partition coefficient (Wildman–Crippen LogP) is 3.94. The first-order chi connectivity index (χ1) is 10.5. The highest BCUT2D eigenvalue weighted by molar-refractivity contribution is 7.91. The average Bonchev–Trinajstić information content (AvgIpc) is 3.11. The first-order valence-corrected chi connectivity index (χ1v) is 9.62. The third kappa shape index (κ3) is 3.20. The van der Waals surface area contributed by atoms with E-state index < -0.39 is 10.0 Å². The standard InChI is InChI=1S/C15H15ClFNO2S2/c16-14-7-8-15(21-14)22(19,20)18-9-1-2-13(18)10-11-3-5-12(17)6-4-11/h3-8,13H,1-2,9-10H2. The Morgan fingerprint density at radius 3 is 2.59 bits per heavy atom. The number of thiophene rings is 1. The first-order valence-electron chi connectivity index (χ1n) is 6.98. The van der Waals surface area contributed by atoms with Crippen LogP contribution in [0.3, 0.4) is 0 Å². The summed E-state index contributed by atoms with van der Waals surface area (Å²) < 4.78 is 40.7. The van der Waals surface area contributed by atoms with Crippen molar-refractivity contribution in [2.24, 2.45) is 0 Å². The van der Waals surface area contributed by atoms with E-state index in [0.29, 0.717) is 17.3 Å². The molecule has 1 aliphatic heterocycles. The van der Waals surface area contributed by atoms with Gasteiger partial charge < -0.3 is 0 Å². The third-order valence-electron chi connectivity index (χ3n) is 3.82. The molecular weight excluding hydrogens is 345 g/mol. The topological polar surface area (TPSA) is 37.4 Å². The van der Waals surface area contributed by atoms with Crippen molar-refractivity contribution >= 4 is 33.0 Å². The number of hydrogen-bond donors (Lipinski definition) is 0. The van der Waals surface area contributed by atoms with Crippen LogP contribution in [0.4, 0.5) is 4.39 Å². The molecule has 0 bridgehead atoms. The van der Waals surface area contributed by atoms with E-state index in [-0.39, 0.29) is 16.1 Å². The van der Waals surface area contributed by atoms with Gasteiger partial charge in [0.05, 0.1) is 4.34 Å². The predicted molar refractivity (Wildman–Crippen MR) is 86.3 cm³/mol. The van der Waals surface area contributed by atoms with Gasteiger partial charge >= 0.3 is 0 Å². The number of benzene rings is 1. The van der Waals surface area contributed by atoms with Crippen molar-refractivity contribution in [3.63, 3.8) is 0 Å². The highest BCUT2D eigenvalue weighted by Gasteiger charge is 2.36. The molecule has 118 valence electrons. The van der Waals surface area contributed by atoms with Crippen molar-refractivity contribution in [3.8, 4) is 0 Å². The third-order valence-corrected chi connectivity index (χ3v) is 7.47. The fraction of sp³-hybridized carbons (Fsp3) is 0.333. The van der Waals surface area contributed by atoms with Crippen LogP contribution in [-0.4, -0.2) is 25.3 Å². The van der Waals surface area contributed by atoms with E-state index in [9.17, 15) is 12.8 Å². The molecule has 1 unspecified atom stereocenters. The molecule has 1 saturated heterocycles. The highest BCUT2D eigenvalue weighted by Crippen LogP contribution is 2.33. The zero-order valence-corrected chi connectivity index (χ0v) is 14.1. The molecule has 2 aromatic rings. The maximum Gasteiger partial charge on any atom is 0.252 e. The van der Waals surface area contributed by atoms with Crippen LogP contribution in [0.1, 0.15) is 18.4 Å². The number of hydrogen-bond acceptors (Lipinski definition) is 3. The van der Waals surface area contributed by atoms with Gasteiger partial charge in [-0.05, 0) is 49.1 Å². The Morgan fingerprint density at radius 2 is 1.95 bits per heavy atom. The molecule has 3 rings (SSSR count). The number of rotatable bonds is 4. The Hall–Kier alpha value is -0.950. The molecule has 1 fully saturated rings. The van der Waals surface area contributed by atoms with E-state index in [1.54, 1.807) is 28.6 Å². The minimum atomic E-state index is -3.50. The Kier molecular flexibility index (Phi) is 4.54. The molecule has 1 atom stereocenters. The lowest BCUT2D eigenvalue weighted by Crippen LogP contribution is -2.36. The second kappa shape index (κ2) is 6.28. The van der Waals surface area contributed by atoms with Gasteiger partial charge in [0, 0.05) is 12.6 Å². The summed E-state index contributed by atoms with van der Waals surface area (Å²) in [5.74, 6) is -0.284. The molecular formula is C15H15ClFNO2S2. The van der Waals surface area contributed by atoms with E-state index in [1.165, 1.54) is 12.1 Å². The maximum atomic E-state index is 13.0. The van der Waals surface area contributed by atoms with Crippen LogP contribution in [0.15, 0.2) is 40.6 Å². The summed E-state index contributed by atoms with van der Waals surface area (Å²) in [5.41, 5.74) is 0.942. The Bertz CT molecular complexity index is 758. The number of nitrogens with zero attached hydrogens (tertiary/aromatic N) is 1. The molecule has 0 N–H and O–H groups in total. The van der Waals surface area contributed by atoms with Crippen molar-refractivity contribution in [3.05, 3.63) is 52.1 Å². The van der Waals surface area contributed by atoms with Crippen molar-refractivity contribution in [1.29, 1.82) is 0 Å². The monoisotopic (exact) mass is 359 g/mol. The van der Waals surface area contributed by atoms with Crippen LogP contribution in [0.2, 0.25) is 4.34 Å². The summed E-state index contributed by atoms with van der Waals surface area (Å²) in [6.07, 6.45) is 2.25. The molecule has 22 heavy (non-hydrogen) atoms. The molecule has 0 radical (unpaired) electrons. The van der Waals surface area contributed by atoms with Crippen molar-refractivity contribution in [2.45, 2.75) is 29.5 Å². The summed E-state index contributed by atoms with van der Waals surface area (Å²) in [6, 6.07) is 9.29. The molecule has 1 aromatic heterocycles. The quantitative estimate of drug-likeness (QED) is 0.829. The van der Waals surface area contributed by atoms with Gasteiger partial charge in [0.15, 0.2) is 0 Å². The summed E-state index contributed by atoms with van der Waals surface area (Å²) in [7, 11) is -3.50. The van der Waals surface area contributed by atoms with Gasteiger partial charge in [-0.3, -0.25) is 0 Å². The molecule has 7 heteroatoms. The largest absolute Gasteiger partial charge is 0.252 e. The molecule has 2 heterocycles. The van der Waals surface area contributed by atoms with Gasteiger partial charge in [-0.2, -0.15) is 4.31 Å². The van der Waals surface area contributed by atoms with Crippen LogP contribution in [0, 0.1) is 5.82 Å². The van der Waals surface area contributed by atoms with Crippen LogP contribution >= 0.6 is 22.9 Å². The van der Waals surface area contributed by atoms with Crippen molar-refractivity contribution in [2.75, 3.05) is 6.54 Å². The van der Waals surface area contributed by atoms with Crippen LogP contribution < -0.4 is 0 Å². The van der Waals surface area contributed by atoms with Crippen molar-refractivity contribution < 1.29 is 12.8 Å². The van der Waals surface area contributed by atoms with E-state index in [2.05, 4.69) is 0 Å². The molecule has 0 aliphatic carbocycles. The van der Waals surface area contributed by atoms with Gasteiger partial charge in [0.25, 0.3) is 10.0 Å². The van der Waals surface area contributed by atoms with Crippen LogP contribution in [0.5, 0.6) is 0 Å².